The number of nitrogens with two attached hydrogens (primary N) is 1. The summed E-state index contributed by atoms with van der Waals surface area (Å²) in [7, 11) is 0. The second-order valence-corrected chi connectivity index (χ2v) is 5.94. The molecule has 1 aromatic rings. The van der Waals surface area contributed by atoms with Crippen LogP contribution in [0, 0.1) is 5.92 Å². The normalized spacial score (nSPS) is 26.6. The number of aliphatic hydroxyl groups is 1. The van der Waals surface area contributed by atoms with Crippen LogP contribution in [0.1, 0.15) is 38.2 Å². The van der Waals surface area contributed by atoms with Gasteiger partial charge in [-0.3, -0.25) is 0 Å². The molecule has 0 saturated heterocycles. The molecule has 0 spiro atoms. The van der Waals surface area contributed by atoms with Crippen LogP contribution in [0.2, 0.25) is 0 Å². The first-order valence-corrected chi connectivity index (χ1v) is 6.99. The Morgan fingerprint density at radius 3 is 2.81 bits per heavy atom. The number of anilines is 2. The summed E-state index contributed by atoms with van der Waals surface area (Å²) >= 11 is 0. The van der Waals surface area contributed by atoms with E-state index in [4.69, 9.17) is 5.73 Å². The molecule has 2 rings (SSSR count). The maximum atomic E-state index is 12.7. The van der Waals surface area contributed by atoms with Crippen LogP contribution in [0.15, 0.2) is 12.1 Å². The first-order chi connectivity index (χ1) is 9.68. The standard InChI is InChI=1S/C14H20F3N3O/c1-9-3-2-4-13(21,7-9)8-19-12-6-10(14(15,16)17)5-11(18)20-12/h5-6,9,21H,2-4,7-8H2,1H3,(H3,18,19,20). The number of nitrogens with one attached hydrogen (secondary N) is 1. The molecule has 1 aliphatic carbocycles. The summed E-state index contributed by atoms with van der Waals surface area (Å²) in [6, 6.07) is 1.70. The van der Waals surface area contributed by atoms with Crippen molar-refractivity contribution in [1.82, 2.24) is 4.98 Å². The predicted molar refractivity (Wildman–Crippen MR) is 74.7 cm³/mol. The topological polar surface area (TPSA) is 71.2 Å². The maximum Gasteiger partial charge on any atom is 0.416 e. The minimum Gasteiger partial charge on any atom is -0.388 e. The van der Waals surface area contributed by atoms with E-state index in [2.05, 4.69) is 17.2 Å². The Kier molecular flexibility index (Phi) is 4.32. The minimum atomic E-state index is -4.47. The van der Waals surface area contributed by atoms with Gasteiger partial charge in [-0.2, -0.15) is 13.2 Å². The lowest BCUT2D eigenvalue weighted by atomic mass is 9.79. The number of hydrogen-bond acceptors (Lipinski definition) is 4. The van der Waals surface area contributed by atoms with Crippen molar-refractivity contribution in [3.8, 4) is 0 Å². The summed E-state index contributed by atoms with van der Waals surface area (Å²) in [6.45, 7) is 2.23. The Hall–Kier alpha value is -1.50. The molecule has 0 amide bonds. The van der Waals surface area contributed by atoms with E-state index in [-0.39, 0.29) is 18.2 Å². The zero-order valence-electron chi connectivity index (χ0n) is 11.9. The summed E-state index contributed by atoms with van der Waals surface area (Å²) in [5.74, 6) is 0.246. The number of alkyl halides is 3. The SMILES string of the molecule is CC1CCCC(O)(CNc2cc(C(F)(F)F)cc(N)n2)C1. The van der Waals surface area contributed by atoms with Crippen molar-refractivity contribution in [2.75, 3.05) is 17.6 Å². The molecule has 4 nitrogen and oxygen atoms in total. The Bertz CT molecular complexity index is 507. The van der Waals surface area contributed by atoms with Crippen LogP contribution in [-0.4, -0.2) is 22.2 Å². The number of hydrogen-bond donors (Lipinski definition) is 3. The fourth-order valence-electron chi connectivity index (χ4n) is 2.85. The highest BCUT2D eigenvalue weighted by Crippen LogP contribution is 2.34. The van der Waals surface area contributed by atoms with Crippen molar-refractivity contribution >= 4 is 11.6 Å². The quantitative estimate of drug-likeness (QED) is 0.802. The Morgan fingerprint density at radius 2 is 2.19 bits per heavy atom. The van der Waals surface area contributed by atoms with Crippen LogP contribution >= 0.6 is 0 Å². The molecule has 0 bridgehead atoms. The first kappa shape index (κ1) is 15.9. The zero-order valence-corrected chi connectivity index (χ0v) is 11.9. The average molecular weight is 303 g/mol. The van der Waals surface area contributed by atoms with Gasteiger partial charge in [0.15, 0.2) is 0 Å². The van der Waals surface area contributed by atoms with Gasteiger partial charge in [0.05, 0.1) is 11.2 Å². The molecule has 7 heteroatoms. The predicted octanol–water partition coefficient (Wildman–Crippen LogP) is 3.04. The molecule has 2 unspecified atom stereocenters. The fraction of sp³-hybridized carbons (Fsp3) is 0.643. The average Bonchev–Trinajstić information content (AvgIpc) is 2.34. The van der Waals surface area contributed by atoms with Crippen molar-refractivity contribution < 1.29 is 18.3 Å². The maximum absolute atomic E-state index is 12.7. The number of nitrogens with zero attached hydrogens (tertiary/aromatic N) is 1. The zero-order chi connectivity index (χ0) is 15.7. The molecule has 0 radical (unpaired) electrons. The highest BCUT2D eigenvalue weighted by molar-refractivity contribution is 5.47. The molecule has 4 N–H and O–H groups in total. The van der Waals surface area contributed by atoms with Crippen LogP contribution in [-0.2, 0) is 6.18 Å². The van der Waals surface area contributed by atoms with Gasteiger partial charge in [-0.1, -0.05) is 19.8 Å². The van der Waals surface area contributed by atoms with Crippen molar-refractivity contribution in [2.24, 2.45) is 5.92 Å². The molecule has 0 aromatic carbocycles. The van der Waals surface area contributed by atoms with E-state index >= 15 is 0 Å². The van der Waals surface area contributed by atoms with Gasteiger partial charge in [0.1, 0.15) is 11.6 Å². The molecule has 1 aliphatic rings. The van der Waals surface area contributed by atoms with E-state index in [0.717, 1.165) is 25.0 Å². The summed E-state index contributed by atoms with van der Waals surface area (Å²) in [5.41, 5.74) is 3.66. The Balaban J connectivity index is 2.08. The third kappa shape index (κ3) is 4.23. The summed E-state index contributed by atoms with van der Waals surface area (Å²) in [4.78, 5) is 3.84. The van der Waals surface area contributed by atoms with Gasteiger partial charge in [0, 0.05) is 6.54 Å². The summed E-state index contributed by atoms with van der Waals surface area (Å²) in [5, 5.41) is 13.2. The van der Waals surface area contributed by atoms with E-state index in [0.29, 0.717) is 18.8 Å². The third-order valence-corrected chi connectivity index (χ3v) is 3.84. The smallest absolute Gasteiger partial charge is 0.388 e. The Labute approximate surface area is 121 Å². The van der Waals surface area contributed by atoms with Gasteiger partial charge in [0.25, 0.3) is 0 Å². The lowest BCUT2D eigenvalue weighted by molar-refractivity contribution is -0.137. The van der Waals surface area contributed by atoms with Crippen LogP contribution < -0.4 is 11.1 Å². The number of aromatic nitrogens is 1. The van der Waals surface area contributed by atoms with Crippen LogP contribution in [0.3, 0.4) is 0 Å². The minimum absolute atomic E-state index is 0.0361. The molecular weight excluding hydrogens is 283 g/mol. The van der Waals surface area contributed by atoms with Crippen molar-refractivity contribution in [2.45, 2.75) is 44.4 Å². The van der Waals surface area contributed by atoms with E-state index in [1.807, 2.05) is 0 Å². The van der Waals surface area contributed by atoms with Crippen molar-refractivity contribution in [1.29, 1.82) is 0 Å². The number of nitrogen functional groups attached to an aromatic ring is 1. The summed E-state index contributed by atoms with van der Waals surface area (Å²) in [6.07, 6.45) is -1.22. The Morgan fingerprint density at radius 1 is 1.48 bits per heavy atom. The molecule has 1 aromatic heterocycles. The largest absolute Gasteiger partial charge is 0.416 e. The monoisotopic (exact) mass is 303 g/mol. The molecule has 1 fully saturated rings. The van der Waals surface area contributed by atoms with E-state index in [1.165, 1.54) is 0 Å². The van der Waals surface area contributed by atoms with Crippen LogP contribution in [0.4, 0.5) is 24.8 Å². The van der Waals surface area contributed by atoms with Crippen molar-refractivity contribution in [3.63, 3.8) is 0 Å². The summed E-state index contributed by atoms with van der Waals surface area (Å²) < 4.78 is 38.1. The second-order valence-electron chi connectivity index (χ2n) is 5.94. The van der Waals surface area contributed by atoms with E-state index < -0.39 is 17.3 Å². The van der Waals surface area contributed by atoms with Crippen molar-refractivity contribution in [3.05, 3.63) is 17.7 Å². The molecule has 21 heavy (non-hydrogen) atoms. The van der Waals surface area contributed by atoms with Crippen LogP contribution in [0.25, 0.3) is 0 Å². The number of rotatable bonds is 3. The first-order valence-electron chi connectivity index (χ1n) is 6.99. The second kappa shape index (κ2) is 5.71. The van der Waals surface area contributed by atoms with Gasteiger partial charge >= 0.3 is 6.18 Å². The molecule has 2 atom stereocenters. The molecule has 118 valence electrons. The van der Waals surface area contributed by atoms with Gasteiger partial charge < -0.3 is 16.2 Å². The third-order valence-electron chi connectivity index (χ3n) is 3.84. The molecule has 1 heterocycles. The van der Waals surface area contributed by atoms with E-state index in [9.17, 15) is 18.3 Å². The number of pyridine rings is 1. The number of halogens is 3. The lowest BCUT2D eigenvalue weighted by Crippen LogP contribution is -2.41. The highest BCUT2D eigenvalue weighted by Gasteiger charge is 2.34. The lowest BCUT2D eigenvalue weighted by Gasteiger charge is -2.35. The van der Waals surface area contributed by atoms with Gasteiger partial charge in [-0.15, -0.1) is 0 Å². The van der Waals surface area contributed by atoms with Gasteiger partial charge in [-0.25, -0.2) is 4.98 Å². The van der Waals surface area contributed by atoms with Gasteiger partial charge in [0.2, 0.25) is 0 Å². The van der Waals surface area contributed by atoms with E-state index in [1.54, 1.807) is 0 Å². The molecule has 0 aliphatic heterocycles. The highest BCUT2D eigenvalue weighted by atomic mass is 19.4. The molecular formula is C14H20F3N3O. The molecule has 1 saturated carbocycles. The van der Waals surface area contributed by atoms with Gasteiger partial charge in [-0.05, 0) is 30.9 Å². The van der Waals surface area contributed by atoms with Crippen LogP contribution in [0.5, 0.6) is 0 Å². The fourth-order valence-corrected chi connectivity index (χ4v) is 2.85.